The normalized spacial score (nSPS) is 29.6. The summed E-state index contributed by atoms with van der Waals surface area (Å²) in [6.07, 6.45) is 4.47. The number of hydrogen-bond donors (Lipinski definition) is 3. The Hall–Kier alpha value is -1.85. The summed E-state index contributed by atoms with van der Waals surface area (Å²) in [6.45, 7) is 6.05. The van der Waals surface area contributed by atoms with E-state index in [4.69, 9.17) is 23.2 Å². The second-order valence-electron chi connectivity index (χ2n) is 13.2. The van der Waals surface area contributed by atoms with E-state index in [1.54, 1.807) is 36.2 Å². The molecule has 45 heavy (non-hydrogen) atoms. The van der Waals surface area contributed by atoms with Crippen LogP contribution in [0.3, 0.4) is 0 Å². The molecule has 4 rings (SSSR count). The van der Waals surface area contributed by atoms with Crippen molar-refractivity contribution in [1.29, 1.82) is 0 Å². The van der Waals surface area contributed by atoms with E-state index in [0.717, 1.165) is 25.7 Å². The van der Waals surface area contributed by atoms with Gasteiger partial charge in [-0.25, -0.2) is 0 Å². The minimum absolute atomic E-state index is 0. The van der Waals surface area contributed by atoms with Crippen molar-refractivity contribution in [2.75, 3.05) is 18.9 Å². The van der Waals surface area contributed by atoms with Gasteiger partial charge in [-0.1, -0.05) is 39.3 Å². The van der Waals surface area contributed by atoms with Crippen LogP contribution < -0.4 is 50.6 Å². The molecule has 1 aromatic rings. The number of carboxylic acid groups (broad SMARTS) is 1. The summed E-state index contributed by atoms with van der Waals surface area (Å²) in [5, 5.41) is 19.6. The third-order valence-electron chi connectivity index (χ3n) is 10.4. The molecule has 2 aliphatic carbocycles. The number of likely N-dealkylation sites (N-methyl/N-ethyl adjacent to an activating group) is 1. The molecule has 0 bridgehead atoms. The van der Waals surface area contributed by atoms with Gasteiger partial charge in [-0.15, -0.1) is 23.2 Å². The van der Waals surface area contributed by atoms with Crippen molar-refractivity contribution in [3.05, 3.63) is 29.8 Å². The molecule has 242 valence electrons. The van der Waals surface area contributed by atoms with Gasteiger partial charge in [0.25, 0.3) is 0 Å². The van der Waals surface area contributed by atoms with Gasteiger partial charge in [0, 0.05) is 36.0 Å². The van der Waals surface area contributed by atoms with E-state index in [2.05, 4.69) is 16.0 Å². The first kappa shape index (κ1) is 37.6. The molecule has 0 aromatic heterocycles. The van der Waals surface area contributed by atoms with Crippen LogP contribution in [0.5, 0.6) is 0 Å². The summed E-state index contributed by atoms with van der Waals surface area (Å²) < 4.78 is 0. The van der Waals surface area contributed by atoms with E-state index in [9.17, 15) is 29.1 Å². The first-order chi connectivity index (χ1) is 20.7. The van der Waals surface area contributed by atoms with Gasteiger partial charge in [-0.05, 0) is 68.1 Å². The van der Waals surface area contributed by atoms with Crippen LogP contribution in [-0.2, 0) is 30.4 Å². The first-order valence-electron chi connectivity index (χ1n) is 15.4. The molecule has 0 spiro atoms. The van der Waals surface area contributed by atoms with Gasteiger partial charge in [0.2, 0.25) is 23.6 Å². The number of aliphatic carboxylic acids is 1. The molecular weight excluding hydrogens is 630 g/mol. The summed E-state index contributed by atoms with van der Waals surface area (Å²) in [5.41, 5.74) is -0.559. The maximum absolute atomic E-state index is 13.8. The van der Waals surface area contributed by atoms with Crippen molar-refractivity contribution >= 4 is 58.5 Å². The number of carbonyl (C=O) groups is 5. The van der Waals surface area contributed by atoms with E-state index in [-0.39, 0.29) is 64.5 Å². The second kappa shape index (κ2) is 15.4. The molecule has 4 amide bonds. The van der Waals surface area contributed by atoms with E-state index in [1.165, 1.54) is 0 Å². The SMILES string of the molecule is CNC(=O)[C@@H]1CCCN1C(=O)[C@]1(C)CC[C@H](C(=O)N[C@@H](Cc2ccc(NC(=O)C3C(Cl)CCCC3Cl)cc2)C(=O)[O-])C1(C)C.[Na+]. The third kappa shape index (κ3) is 7.83. The van der Waals surface area contributed by atoms with Crippen molar-refractivity contribution in [1.82, 2.24) is 15.5 Å². The number of carboxylic acids is 1. The van der Waals surface area contributed by atoms with E-state index in [0.29, 0.717) is 37.1 Å². The second-order valence-corrected chi connectivity index (χ2v) is 14.3. The number of halogens is 2. The van der Waals surface area contributed by atoms with Gasteiger partial charge in [0.15, 0.2) is 0 Å². The van der Waals surface area contributed by atoms with Crippen LogP contribution in [0.15, 0.2) is 24.3 Å². The Morgan fingerprint density at radius 3 is 2.13 bits per heavy atom. The Morgan fingerprint density at radius 2 is 1.56 bits per heavy atom. The molecule has 13 heteroatoms. The number of rotatable bonds is 9. The number of nitrogens with one attached hydrogen (secondary N) is 3. The summed E-state index contributed by atoms with van der Waals surface area (Å²) >= 11 is 12.7. The monoisotopic (exact) mass is 672 g/mol. The average Bonchev–Trinajstić information content (AvgIpc) is 3.55. The number of amides is 4. The Morgan fingerprint density at radius 1 is 0.933 bits per heavy atom. The van der Waals surface area contributed by atoms with Gasteiger partial charge in [-0.2, -0.15) is 0 Å². The van der Waals surface area contributed by atoms with Crippen LogP contribution in [0.1, 0.15) is 71.3 Å². The molecule has 1 aliphatic heterocycles. The summed E-state index contributed by atoms with van der Waals surface area (Å²) in [5.74, 6) is -3.60. The topological polar surface area (TPSA) is 148 Å². The Balaban J connectivity index is 0.00000552. The van der Waals surface area contributed by atoms with Crippen LogP contribution in [0.2, 0.25) is 0 Å². The number of anilines is 1. The smallest absolute Gasteiger partial charge is 0.548 e. The van der Waals surface area contributed by atoms with Crippen LogP contribution in [0.25, 0.3) is 0 Å². The molecular formula is C32H43Cl2N4NaO6. The van der Waals surface area contributed by atoms with Crippen LogP contribution in [0, 0.1) is 22.7 Å². The fourth-order valence-corrected chi connectivity index (χ4v) is 8.14. The Bertz CT molecular complexity index is 1270. The maximum atomic E-state index is 13.8. The molecule has 3 fully saturated rings. The molecule has 3 N–H and O–H groups in total. The fourth-order valence-electron chi connectivity index (χ4n) is 7.18. The first-order valence-corrected chi connectivity index (χ1v) is 16.3. The van der Waals surface area contributed by atoms with E-state index < -0.39 is 46.6 Å². The summed E-state index contributed by atoms with van der Waals surface area (Å²) in [6, 6.07) is 4.87. The number of nitrogens with zero attached hydrogens (tertiary/aromatic N) is 1. The number of alkyl halides is 2. The minimum Gasteiger partial charge on any atom is -0.548 e. The Kier molecular flexibility index (Phi) is 12.8. The molecule has 2 saturated carbocycles. The number of hydrogen-bond acceptors (Lipinski definition) is 6. The molecule has 0 radical (unpaired) electrons. The average molecular weight is 674 g/mol. The van der Waals surface area contributed by atoms with Crippen LogP contribution in [-0.4, -0.2) is 70.9 Å². The summed E-state index contributed by atoms with van der Waals surface area (Å²) in [4.78, 5) is 66.3. The molecule has 1 heterocycles. The predicted molar refractivity (Wildman–Crippen MR) is 166 cm³/mol. The van der Waals surface area contributed by atoms with Crippen LogP contribution >= 0.6 is 23.2 Å². The van der Waals surface area contributed by atoms with Crippen molar-refractivity contribution in [3.63, 3.8) is 0 Å². The zero-order valence-electron chi connectivity index (χ0n) is 26.8. The molecule has 2 unspecified atom stereocenters. The van der Waals surface area contributed by atoms with Crippen molar-refractivity contribution in [2.45, 2.75) is 95.0 Å². The zero-order valence-corrected chi connectivity index (χ0v) is 30.3. The standard InChI is InChI=1S/C32H44Cl2N4O6.Na/c1-31(2)20(14-15-32(31,3)30(44)38-16-6-9-24(38)27(40)35-4)26(39)37-23(29(42)43)17-18-10-12-19(13-11-18)36-28(41)25-21(33)7-5-8-22(25)34;/h10-13,20-25H,5-9,14-17H2,1-4H3,(H,35,40)(H,36,41)(H,37,39)(H,42,43);/q;+1/p-1/t20-,21?,22?,23+,24+,25?,32+;/m1./s1. The van der Waals surface area contributed by atoms with Gasteiger partial charge < -0.3 is 30.8 Å². The quantitative estimate of drug-likeness (QED) is 0.240. The zero-order chi connectivity index (χ0) is 32.4. The van der Waals surface area contributed by atoms with Crippen molar-refractivity contribution in [2.24, 2.45) is 22.7 Å². The molecule has 3 aliphatic rings. The fraction of sp³-hybridized carbons (Fsp3) is 0.656. The summed E-state index contributed by atoms with van der Waals surface area (Å²) in [7, 11) is 1.55. The van der Waals surface area contributed by atoms with E-state index >= 15 is 0 Å². The van der Waals surface area contributed by atoms with Gasteiger partial charge in [0.1, 0.15) is 6.04 Å². The van der Waals surface area contributed by atoms with Gasteiger partial charge >= 0.3 is 29.6 Å². The predicted octanol–water partition coefficient (Wildman–Crippen LogP) is -0.399. The molecule has 1 aromatic carbocycles. The van der Waals surface area contributed by atoms with Crippen molar-refractivity contribution < 1.29 is 58.6 Å². The number of benzene rings is 1. The number of carbonyl (C=O) groups excluding carboxylic acids is 5. The largest absolute Gasteiger partial charge is 1.00 e. The van der Waals surface area contributed by atoms with Crippen molar-refractivity contribution in [3.8, 4) is 0 Å². The minimum atomic E-state index is -1.42. The van der Waals surface area contributed by atoms with E-state index in [1.807, 2.05) is 20.8 Å². The van der Waals surface area contributed by atoms with Crippen LogP contribution in [0.4, 0.5) is 5.69 Å². The number of likely N-dealkylation sites (tertiary alicyclic amines) is 1. The molecule has 6 atom stereocenters. The Labute approximate surface area is 297 Å². The third-order valence-corrected chi connectivity index (χ3v) is 11.4. The van der Waals surface area contributed by atoms with Gasteiger partial charge in [0.05, 0.1) is 23.3 Å². The van der Waals surface area contributed by atoms with Gasteiger partial charge in [-0.3, -0.25) is 19.2 Å². The maximum Gasteiger partial charge on any atom is 1.00 e. The molecule has 1 saturated heterocycles. The molecule has 10 nitrogen and oxygen atoms in total.